The van der Waals surface area contributed by atoms with Gasteiger partial charge in [0.25, 0.3) is 0 Å². The normalized spacial score (nSPS) is 21.3. The van der Waals surface area contributed by atoms with Gasteiger partial charge in [-0.15, -0.1) is 0 Å². The number of carbonyl (C=O) groups is 1. The number of hydrogen-bond acceptors (Lipinski definition) is 8. The molecule has 1 atom stereocenters. The van der Waals surface area contributed by atoms with Gasteiger partial charge >= 0.3 is 5.97 Å². The van der Waals surface area contributed by atoms with Crippen molar-refractivity contribution in [1.29, 1.82) is 0 Å². The van der Waals surface area contributed by atoms with E-state index in [0.29, 0.717) is 24.7 Å². The standard InChI is InChI=1S/C22H31N6O3S/c1-4-28-12-15(11-23-28)21(29)31-17-13-27(14-17)22-24-18-7-10-32(3)19(18)20(25-22)26(2)16-5-8-30-9-6-16/h11-12,16-17H,4-10,13-14H2,1-3H3/q+1. The van der Waals surface area contributed by atoms with Crippen LogP contribution < -0.4 is 9.80 Å². The lowest BCUT2D eigenvalue weighted by Gasteiger charge is -2.39. The lowest BCUT2D eigenvalue weighted by molar-refractivity contribution is 0.0231. The molecule has 172 valence electrons. The molecule has 0 amide bonds. The van der Waals surface area contributed by atoms with Crippen molar-refractivity contribution in [2.45, 2.75) is 49.8 Å². The highest BCUT2D eigenvalue weighted by molar-refractivity contribution is 7.96. The van der Waals surface area contributed by atoms with E-state index in [2.05, 4.69) is 28.2 Å². The monoisotopic (exact) mass is 459 g/mol. The summed E-state index contributed by atoms with van der Waals surface area (Å²) in [6, 6.07) is 0.447. The number of ether oxygens (including phenoxy) is 2. The van der Waals surface area contributed by atoms with E-state index < -0.39 is 0 Å². The highest BCUT2D eigenvalue weighted by atomic mass is 32.2. The van der Waals surface area contributed by atoms with Crippen molar-refractivity contribution in [3.8, 4) is 0 Å². The number of carbonyl (C=O) groups excluding carboxylic acids is 1. The fourth-order valence-corrected chi connectivity index (χ4v) is 6.27. The van der Waals surface area contributed by atoms with Gasteiger partial charge in [-0.2, -0.15) is 10.1 Å². The molecule has 2 saturated heterocycles. The van der Waals surface area contributed by atoms with Gasteiger partial charge in [-0.3, -0.25) is 4.68 Å². The Labute approximate surface area is 191 Å². The average Bonchev–Trinajstić information content (AvgIpc) is 3.42. The van der Waals surface area contributed by atoms with Gasteiger partial charge in [-0.25, -0.2) is 9.78 Å². The van der Waals surface area contributed by atoms with Crippen LogP contribution in [0.25, 0.3) is 0 Å². The average molecular weight is 460 g/mol. The van der Waals surface area contributed by atoms with Crippen molar-refractivity contribution in [2.24, 2.45) is 0 Å². The Hall–Kier alpha value is -2.33. The van der Waals surface area contributed by atoms with Crippen LogP contribution in [0.1, 0.15) is 35.8 Å². The first-order valence-corrected chi connectivity index (χ1v) is 13.2. The van der Waals surface area contributed by atoms with Crippen molar-refractivity contribution in [3.63, 3.8) is 0 Å². The Morgan fingerprint density at radius 3 is 2.81 bits per heavy atom. The molecule has 0 spiro atoms. The lowest BCUT2D eigenvalue weighted by Crippen LogP contribution is -2.54. The quantitative estimate of drug-likeness (QED) is 0.475. The highest BCUT2D eigenvalue weighted by Crippen LogP contribution is 2.36. The Balaban J connectivity index is 1.29. The highest BCUT2D eigenvalue weighted by Gasteiger charge is 2.40. The molecule has 0 bridgehead atoms. The molecule has 9 nitrogen and oxygen atoms in total. The molecule has 3 aliphatic rings. The number of aryl methyl sites for hydroxylation is 2. The van der Waals surface area contributed by atoms with Crippen molar-refractivity contribution in [2.75, 3.05) is 55.2 Å². The molecule has 1 unspecified atom stereocenters. The molecule has 0 N–H and O–H groups in total. The summed E-state index contributed by atoms with van der Waals surface area (Å²) in [5, 5.41) is 4.15. The maximum absolute atomic E-state index is 12.4. The second-order valence-electron chi connectivity index (χ2n) is 8.69. The van der Waals surface area contributed by atoms with Gasteiger partial charge in [0.15, 0.2) is 5.82 Å². The largest absolute Gasteiger partial charge is 0.455 e. The summed E-state index contributed by atoms with van der Waals surface area (Å²) in [4.78, 5) is 28.1. The van der Waals surface area contributed by atoms with E-state index in [1.807, 2.05) is 6.92 Å². The molecule has 2 aromatic heterocycles. The Morgan fingerprint density at radius 1 is 1.31 bits per heavy atom. The third-order valence-electron chi connectivity index (χ3n) is 6.57. The van der Waals surface area contributed by atoms with Gasteiger partial charge in [0, 0.05) is 56.4 Å². The van der Waals surface area contributed by atoms with E-state index in [-0.39, 0.29) is 23.0 Å². The fourth-order valence-electron chi connectivity index (χ4n) is 4.51. The van der Waals surface area contributed by atoms with Crippen molar-refractivity contribution >= 4 is 28.6 Å². The zero-order chi connectivity index (χ0) is 22.2. The Bertz CT molecular complexity index is 986. The summed E-state index contributed by atoms with van der Waals surface area (Å²) < 4.78 is 12.9. The molecule has 0 radical (unpaired) electrons. The molecule has 2 fully saturated rings. The van der Waals surface area contributed by atoms with Crippen LogP contribution in [-0.2, 0) is 33.3 Å². The Kier molecular flexibility index (Phi) is 5.98. The fraction of sp³-hybridized carbons (Fsp3) is 0.636. The van der Waals surface area contributed by atoms with Crippen LogP contribution in [0, 0.1) is 0 Å². The van der Waals surface area contributed by atoms with Gasteiger partial charge in [0.2, 0.25) is 10.8 Å². The molecule has 5 rings (SSSR count). The molecular formula is C22H31N6O3S+. The number of aromatic nitrogens is 4. The maximum Gasteiger partial charge on any atom is 0.341 e. The number of anilines is 2. The van der Waals surface area contributed by atoms with Crippen LogP contribution >= 0.6 is 0 Å². The van der Waals surface area contributed by atoms with Gasteiger partial charge in [-0.05, 0) is 19.8 Å². The van der Waals surface area contributed by atoms with Gasteiger partial charge in [0.1, 0.15) is 23.8 Å². The van der Waals surface area contributed by atoms with Crippen molar-refractivity contribution < 1.29 is 14.3 Å². The van der Waals surface area contributed by atoms with E-state index in [1.165, 1.54) is 10.6 Å². The summed E-state index contributed by atoms with van der Waals surface area (Å²) in [6.07, 6.45) is 8.50. The minimum atomic E-state index is -0.320. The van der Waals surface area contributed by atoms with E-state index in [9.17, 15) is 4.79 Å². The number of fused-ring (bicyclic) bond motifs is 1. The van der Waals surface area contributed by atoms with E-state index >= 15 is 0 Å². The van der Waals surface area contributed by atoms with Crippen molar-refractivity contribution in [3.05, 3.63) is 23.7 Å². The third kappa shape index (κ3) is 4.05. The second-order valence-corrected chi connectivity index (χ2v) is 10.8. The summed E-state index contributed by atoms with van der Waals surface area (Å²) >= 11 is 0. The van der Waals surface area contributed by atoms with E-state index in [4.69, 9.17) is 19.4 Å². The van der Waals surface area contributed by atoms with Crippen molar-refractivity contribution in [1.82, 2.24) is 19.7 Å². The summed E-state index contributed by atoms with van der Waals surface area (Å²) in [7, 11) is 2.34. The van der Waals surface area contributed by atoms with Gasteiger partial charge in [-0.1, -0.05) is 0 Å². The number of hydrogen-bond donors (Lipinski definition) is 0. The minimum absolute atomic E-state index is 0.151. The van der Waals surface area contributed by atoms with E-state index in [1.54, 1.807) is 17.1 Å². The summed E-state index contributed by atoms with van der Waals surface area (Å²) in [6.45, 7) is 5.56. The SMILES string of the molecule is CCn1cc(C(=O)OC2CN(c3nc4c(c(N(C)C5CCOCC5)n3)[S+](C)CC4)C2)cn1. The molecule has 10 heteroatoms. The van der Waals surface area contributed by atoms with Crippen LogP contribution in [0.2, 0.25) is 0 Å². The molecular weight excluding hydrogens is 428 g/mol. The summed E-state index contributed by atoms with van der Waals surface area (Å²) in [5.41, 5.74) is 1.68. The maximum atomic E-state index is 12.4. The van der Waals surface area contributed by atoms with Crippen LogP contribution in [0.15, 0.2) is 17.3 Å². The van der Waals surface area contributed by atoms with Gasteiger partial charge < -0.3 is 19.3 Å². The van der Waals surface area contributed by atoms with E-state index in [0.717, 1.165) is 56.5 Å². The van der Waals surface area contributed by atoms with Crippen LogP contribution in [0.3, 0.4) is 0 Å². The smallest absolute Gasteiger partial charge is 0.341 e. The van der Waals surface area contributed by atoms with Crippen LogP contribution in [0.5, 0.6) is 0 Å². The van der Waals surface area contributed by atoms with Crippen LogP contribution in [-0.4, -0.2) is 83.2 Å². The molecule has 0 aliphatic carbocycles. The molecule has 0 saturated carbocycles. The molecule has 5 heterocycles. The molecule has 3 aliphatic heterocycles. The Morgan fingerprint density at radius 2 is 2.09 bits per heavy atom. The second kappa shape index (κ2) is 8.90. The lowest BCUT2D eigenvalue weighted by atomic mass is 10.1. The third-order valence-corrected chi connectivity index (χ3v) is 8.50. The number of rotatable bonds is 6. The predicted molar refractivity (Wildman–Crippen MR) is 124 cm³/mol. The number of nitrogens with zero attached hydrogens (tertiary/aromatic N) is 6. The topological polar surface area (TPSA) is 85.6 Å². The minimum Gasteiger partial charge on any atom is -0.455 e. The van der Waals surface area contributed by atoms with Gasteiger partial charge in [0.05, 0.1) is 24.8 Å². The molecule has 0 aromatic carbocycles. The molecule has 2 aromatic rings. The first-order valence-electron chi connectivity index (χ1n) is 11.4. The van der Waals surface area contributed by atoms with Crippen LogP contribution in [0.4, 0.5) is 11.8 Å². The molecule has 32 heavy (non-hydrogen) atoms. The zero-order valence-corrected chi connectivity index (χ0v) is 19.8. The first-order chi connectivity index (χ1) is 15.5. The number of esters is 1. The zero-order valence-electron chi connectivity index (χ0n) is 19.0. The predicted octanol–water partition coefficient (Wildman–Crippen LogP) is 1.52. The first kappa shape index (κ1) is 21.5. The summed E-state index contributed by atoms with van der Waals surface area (Å²) in [5.74, 6) is 2.66.